The first kappa shape index (κ1) is 13.8. The van der Waals surface area contributed by atoms with Crippen LogP contribution in [0.3, 0.4) is 0 Å². The lowest BCUT2D eigenvalue weighted by atomic mass is 10.0. The van der Waals surface area contributed by atoms with Crippen molar-refractivity contribution in [2.75, 3.05) is 19.8 Å². The maximum absolute atomic E-state index is 13.1. The molecule has 0 radical (unpaired) electrons. The Kier molecular flexibility index (Phi) is 4.53. The van der Waals surface area contributed by atoms with Gasteiger partial charge in [-0.3, -0.25) is 0 Å². The minimum atomic E-state index is -0.197. The minimum absolute atomic E-state index is 0.0334. The van der Waals surface area contributed by atoms with E-state index in [0.717, 1.165) is 37.3 Å². The molecule has 1 saturated heterocycles. The molecule has 0 aromatic heterocycles. The van der Waals surface area contributed by atoms with Gasteiger partial charge in [0.25, 0.3) is 0 Å². The van der Waals surface area contributed by atoms with Gasteiger partial charge < -0.3 is 14.8 Å². The van der Waals surface area contributed by atoms with Crippen LogP contribution in [0.5, 0.6) is 5.75 Å². The molecule has 1 aromatic carbocycles. The third-order valence-electron chi connectivity index (χ3n) is 4.09. The molecule has 1 fully saturated rings. The van der Waals surface area contributed by atoms with E-state index in [4.69, 9.17) is 9.47 Å². The summed E-state index contributed by atoms with van der Waals surface area (Å²) in [5.74, 6) is 0.603. The fourth-order valence-electron chi connectivity index (χ4n) is 2.99. The van der Waals surface area contributed by atoms with E-state index < -0.39 is 0 Å². The molecule has 3 rings (SSSR count). The predicted molar refractivity (Wildman–Crippen MR) is 75.6 cm³/mol. The summed E-state index contributed by atoms with van der Waals surface area (Å²) < 4.78 is 24.6. The van der Waals surface area contributed by atoms with Crippen molar-refractivity contribution in [2.24, 2.45) is 0 Å². The zero-order valence-electron chi connectivity index (χ0n) is 11.7. The highest BCUT2D eigenvalue weighted by atomic mass is 19.1. The maximum Gasteiger partial charge on any atom is 0.126 e. The second-order valence-corrected chi connectivity index (χ2v) is 5.71. The second-order valence-electron chi connectivity index (χ2n) is 5.71. The lowest BCUT2D eigenvalue weighted by Crippen LogP contribution is -2.35. The number of halogens is 1. The van der Waals surface area contributed by atoms with E-state index in [1.807, 2.05) is 0 Å². The Morgan fingerprint density at radius 2 is 2.30 bits per heavy atom. The van der Waals surface area contributed by atoms with Gasteiger partial charge in [-0.05, 0) is 44.0 Å². The summed E-state index contributed by atoms with van der Waals surface area (Å²) in [5.41, 5.74) is 0.951. The highest BCUT2D eigenvalue weighted by Crippen LogP contribution is 2.29. The zero-order valence-corrected chi connectivity index (χ0v) is 11.7. The van der Waals surface area contributed by atoms with Gasteiger partial charge in [0.1, 0.15) is 17.7 Å². The van der Waals surface area contributed by atoms with Gasteiger partial charge in [0, 0.05) is 24.6 Å². The van der Waals surface area contributed by atoms with Gasteiger partial charge in [0.05, 0.1) is 6.61 Å². The van der Waals surface area contributed by atoms with E-state index in [0.29, 0.717) is 12.6 Å². The van der Waals surface area contributed by atoms with Crippen LogP contribution in [0, 0.1) is 5.82 Å². The lowest BCUT2D eigenvalue weighted by molar-refractivity contribution is 0.0545. The van der Waals surface area contributed by atoms with Gasteiger partial charge in [0.15, 0.2) is 0 Å². The molecule has 2 aliphatic heterocycles. The van der Waals surface area contributed by atoms with Crippen LogP contribution in [-0.4, -0.2) is 31.9 Å². The molecule has 0 aliphatic carbocycles. The number of hydrogen-bond acceptors (Lipinski definition) is 3. The molecule has 2 atom stereocenters. The summed E-state index contributed by atoms with van der Waals surface area (Å²) >= 11 is 0. The van der Waals surface area contributed by atoms with Crippen molar-refractivity contribution in [3.05, 3.63) is 29.6 Å². The third-order valence-corrected chi connectivity index (χ3v) is 4.09. The molecule has 1 aromatic rings. The van der Waals surface area contributed by atoms with Crippen LogP contribution in [0.1, 0.15) is 31.2 Å². The molecule has 0 saturated carbocycles. The summed E-state index contributed by atoms with van der Waals surface area (Å²) in [7, 11) is 0. The molecule has 4 heteroatoms. The second kappa shape index (κ2) is 6.55. The Morgan fingerprint density at radius 3 is 3.15 bits per heavy atom. The van der Waals surface area contributed by atoms with E-state index in [2.05, 4.69) is 5.32 Å². The molecule has 20 heavy (non-hydrogen) atoms. The molecular formula is C16H22FNO2. The number of ether oxygens (including phenoxy) is 2. The van der Waals surface area contributed by atoms with E-state index in [-0.39, 0.29) is 11.9 Å². The van der Waals surface area contributed by atoms with E-state index >= 15 is 0 Å². The summed E-state index contributed by atoms with van der Waals surface area (Å²) in [6.07, 6.45) is 5.72. The zero-order chi connectivity index (χ0) is 13.8. The number of hydrogen-bond donors (Lipinski definition) is 1. The van der Waals surface area contributed by atoms with Crippen molar-refractivity contribution in [1.29, 1.82) is 0 Å². The van der Waals surface area contributed by atoms with Gasteiger partial charge >= 0.3 is 0 Å². The van der Waals surface area contributed by atoms with Crippen molar-refractivity contribution in [3.63, 3.8) is 0 Å². The van der Waals surface area contributed by atoms with Crippen LogP contribution in [0.4, 0.5) is 4.39 Å². The van der Waals surface area contributed by atoms with Crippen molar-refractivity contribution in [1.82, 2.24) is 5.32 Å². The standard InChI is InChI=1S/C16H22FNO2/c17-13-4-5-16-12(9-13)10-15(20-16)11-19-8-6-14-3-1-2-7-18-14/h4-5,9,14-15,18H,1-3,6-8,10-11H2. The van der Waals surface area contributed by atoms with E-state index in [9.17, 15) is 4.39 Å². The van der Waals surface area contributed by atoms with Gasteiger partial charge in [0.2, 0.25) is 0 Å². The number of fused-ring (bicyclic) bond motifs is 1. The summed E-state index contributed by atoms with van der Waals surface area (Å²) in [6.45, 7) is 2.49. The first-order valence-electron chi connectivity index (χ1n) is 7.57. The van der Waals surface area contributed by atoms with Crippen LogP contribution >= 0.6 is 0 Å². The fraction of sp³-hybridized carbons (Fsp3) is 0.625. The SMILES string of the molecule is Fc1ccc2c(c1)CC(COCCC1CCCCN1)O2. The molecule has 0 bridgehead atoms. The average Bonchev–Trinajstić information content (AvgIpc) is 2.86. The molecule has 0 amide bonds. The van der Waals surface area contributed by atoms with Gasteiger partial charge in [-0.2, -0.15) is 0 Å². The maximum atomic E-state index is 13.1. The van der Waals surface area contributed by atoms with Gasteiger partial charge in [-0.15, -0.1) is 0 Å². The Morgan fingerprint density at radius 1 is 1.35 bits per heavy atom. The van der Waals surface area contributed by atoms with Gasteiger partial charge in [-0.1, -0.05) is 6.42 Å². The first-order valence-corrected chi connectivity index (χ1v) is 7.57. The average molecular weight is 279 g/mol. The number of nitrogens with one attached hydrogen (secondary N) is 1. The predicted octanol–water partition coefficient (Wildman–Crippen LogP) is 2.68. The molecule has 110 valence electrons. The van der Waals surface area contributed by atoms with Crippen molar-refractivity contribution < 1.29 is 13.9 Å². The molecule has 3 nitrogen and oxygen atoms in total. The van der Waals surface area contributed by atoms with Crippen molar-refractivity contribution in [3.8, 4) is 5.75 Å². The lowest BCUT2D eigenvalue weighted by Gasteiger charge is -2.23. The van der Waals surface area contributed by atoms with Crippen molar-refractivity contribution >= 4 is 0 Å². The smallest absolute Gasteiger partial charge is 0.126 e. The highest BCUT2D eigenvalue weighted by Gasteiger charge is 2.23. The molecule has 0 spiro atoms. The van der Waals surface area contributed by atoms with E-state index in [1.165, 1.54) is 25.3 Å². The monoisotopic (exact) mass is 279 g/mol. The van der Waals surface area contributed by atoms with Gasteiger partial charge in [-0.25, -0.2) is 4.39 Å². The summed E-state index contributed by atoms with van der Waals surface area (Å²) in [4.78, 5) is 0. The Labute approximate surface area is 119 Å². The fourth-order valence-corrected chi connectivity index (χ4v) is 2.99. The van der Waals surface area contributed by atoms with Crippen molar-refractivity contribution in [2.45, 2.75) is 44.2 Å². The largest absolute Gasteiger partial charge is 0.487 e. The number of benzene rings is 1. The molecule has 2 aliphatic rings. The highest BCUT2D eigenvalue weighted by molar-refractivity contribution is 5.37. The van der Waals surface area contributed by atoms with Crippen LogP contribution < -0.4 is 10.1 Å². The molecule has 1 N–H and O–H groups in total. The van der Waals surface area contributed by atoms with Crippen LogP contribution in [0.25, 0.3) is 0 Å². The molecular weight excluding hydrogens is 257 g/mol. The number of piperidine rings is 1. The summed E-state index contributed by atoms with van der Waals surface area (Å²) in [6, 6.07) is 5.31. The normalized spacial score (nSPS) is 25.2. The first-order chi connectivity index (χ1) is 9.81. The topological polar surface area (TPSA) is 30.5 Å². The Bertz CT molecular complexity index is 446. The van der Waals surface area contributed by atoms with E-state index in [1.54, 1.807) is 12.1 Å². The quantitative estimate of drug-likeness (QED) is 0.841. The molecule has 2 unspecified atom stereocenters. The Hall–Kier alpha value is -1.13. The molecule has 2 heterocycles. The van der Waals surface area contributed by atoms with Crippen LogP contribution in [0.15, 0.2) is 18.2 Å². The minimum Gasteiger partial charge on any atom is -0.487 e. The van der Waals surface area contributed by atoms with Crippen LogP contribution in [0.2, 0.25) is 0 Å². The third kappa shape index (κ3) is 3.49. The van der Waals surface area contributed by atoms with Crippen LogP contribution in [-0.2, 0) is 11.2 Å². The number of rotatable bonds is 5. The summed E-state index contributed by atoms with van der Waals surface area (Å²) in [5, 5.41) is 3.51. The Balaban J connectivity index is 1.36.